The van der Waals surface area contributed by atoms with Crippen molar-refractivity contribution in [3.63, 3.8) is 0 Å². The number of rotatable bonds is 8. The van der Waals surface area contributed by atoms with Gasteiger partial charge in [0.1, 0.15) is 0 Å². The van der Waals surface area contributed by atoms with Crippen LogP contribution in [0.3, 0.4) is 0 Å². The third-order valence-corrected chi connectivity index (χ3v) is 6.25. The van der Waals surface area contributed by atoms with E-state index in [0.29, 0.717) is 0 Å². The van der Waals surface area contributed by atoms with Crippen molar-refractivity contribution in [1.29, 1.82) is 0 Å². The Morgan fingerprint density at radius 3 is 2.48 bits per heavy atom. The van der Waals surface area contributed by atoms with Gasteiger partial charge in [-0.3, -0.25) is 9.59 Å². The second-order valence-electron chi connectivity index (χ2n) is 7.02. The number of aryl methyl sites for hydroxylation is 2. The normalized spacial score (nSPS) is 16.1. The fraction of sp³-hybridized carbons (Fsp3) is 0.579. The zero-order valence-electron chi connectivity index (χ0n) is 16.1. The van der Waals surface area contributed by atoms with E-state index in [1.807, 2.05) is 13.8 Å². The maximum atomic E-state index is 12.3. The van der Waals surface area contributed by atoms with Gasteiger partial charge in [-0.2, -0.15) is 0 Å². The summed E-state index contributed by atoms with van der Waals surface area (Å²) in [5.41, 5.74) is 1.88. The summed E-state index contributed by atoms with van der Waals surface area (Å²) < 4.78 is 32.0. The van der Waals surface area contributed by atoms with Gasteiger partial charge in [0.05, 0.1) is 11.3 Å². The predicted molar refractivity (Wildman–Crippen MR) is 102 cm³/mol. The highest BCUT2D eigenvalue weighted by Crippen LogP contribution is 2.18. The molecule has 1 aliphatic rings. The lowest BCUT2D eigenvalue weighted by Gasteiger charge is -2.17. The van der Waals surface area contributed by atoms with E-state index in [2.05, 4.69) is 10.0 Å². The van der Waals surface area contributed by atoms with Crippen LogP contribution in [0.2, 0.25) is 0 Å². The first-order valence-electron chi connectivity index (χ1n) is 9.26. The number of ether oxygens (including phenoxy) is 1. The molecule has 150 valence electrons. The standard InChI is InChI=1S/C19H28N2O5S/c1-13-8-9-17(12-14(13)2)27(24,25)20-11-10-18(22)26-15(3)19(23)21-16-6-4-5-7-16/h8-9,12,15-16,20H,4-7,10-11H2,1-3H3,(H,21,23)/t15-/m0/s1. The topological polar surface area (TPSA) is 102 Å². The number of esters is 1. The third-order valence-electron chi connectivity index (χ3n) is 4.79. The van der Waals surface area contributed by atoms with E-state index in [4.69, 9.17) is 4.74 Å². The number of carbonyl (C=O) groups is 2. The molecule has 0 bridgehead atoms. The molecule has 0 spiro atoms. The molecular formula is C19H28N2O5S. The molecule has 1 amide bonds. The average Bonchev–Trinajstić information content (AvgIpc) is 3.09. The van der Waals surface area contributed by atoms with Gasteiger partial charge in [0, 0.05) is 12.6 Å². The Hall–Kier alpha value is -1.93. The number of hydrogen-bond acceptors (Lipinski definition) is 5. The van der Waals surface area contributed by atoms with E-state index in [1.54, 1.807) is 12.1 Å². The molecule has 1 saturated carbocycles. The van der Waals surface area contributed by atoms with Crippen LogP contribution in [0.4, 0.5) is 0 Å². The van der Waals surface area contributed by atoms with E-state index in [-0.39, 0.29) is 29.8 Å². The van der Waals surface area contributed by atoms with Crippen LogP contribution < -0.4 is 10.0 Å². The molecule has 1 aliphatic carbocycles. The van der Waals surface area contributed by atoms with Crippen LogP contribution in [0.5, 0.6) is 0 Å². The van der Waals surface area contributed by atoms with E-state index in [0.717, 1.165) is 36.8 Å². The molecular weight excluding hydrogens is 368 g/mol. The van der Waals surface area contributed by atoms with Gasteiger partial charge in [0.2, 0.25) is 10.0 Å². The van der Waals surface area contributed by atoms with Crippen molar-refractivity contribution < 1.29 is 22.7 Å². The Kier molecular flexibility index (Phi) is 7.38. The van der Waals surface area contributed by atoms with Crippen LogP contribution >= 0.6 is 0 Å². The van der Waals surface area contributed by atoms with Crippen molar-refractivity contribution in [3.8, 4) is 0 Å². The Morgan fingerprint density at radius 2 is 1.85 bits per heavy atom. The van der Waals surface area contributed by atoms with Gasteiger partial charge >= 0.3 is 5.97 Å². The zero-order chi connectivity index (χ0) is 20.0. The minimum Gasteiger partial charge on any atom is -0.453 e. The number of hydrogen-bond donors (Lipinski definition) is 2. The molecule has 0 aliphatic heterocycles. The smallest absolute Gasteiger partial charge is 0.307 e. The Morgan fingerprint density at radius 1 is 1.19 bits per heavy atom. The summed E-state index contributed by atoms with van der Waals surface area (Å²) in [6.45, 7) is 5.16. The molecule has 0 saturated heterocycles. The maximum Gasteiger partial charge on any atom is 0.307 e. The van der Waals surface area contributed by atoms with Crippen LogP contribution in [-0.4, -0.2) is 39.0 Å². The second-order valence-corrected chi connectivity index (χ2v) is 8.78. The molecule has 8 heteroatoms. The molecule has 27 heavy (non-hydrogen) atoms. The predicted octanol–water partition coefficient (Wildman–Crippen LogP) is 1.96. The molecule has 7 nitrogen and oxygen atoms in total. The minimum absolute atomic E-state index is 0.0922. The lowest BCUT2D eigenvalue weighted by molar-refractivity contribution is -0.154. The molecule has 2 rings (SSSR count). The number of nitrogens with one attached hydrogen (secondary N) is 2. The van der Waals surface area contributed by atoms with Crippen molar-refractivity contribution in [1.82, 2.24) is 10.0 Å². The summed E-state index contributed by atoms with van der Waals surface area (Å²) >= 11 is 0. The third kappa shape index (κ3) is 6.32. The van der Waals surface area contributed by atoms with Crippen LogP contribution in [0.25, 0.3) is 0 Å². The summed E-state index contributed by atoms with van der Waals surface area (Å²) in [4.78, 5) is 24.0. The summed E-state index contributed by atoms with van der Waals surface area (Å²) in [6, 6.07) is 5.01. The molecule has 1 aromatic carbocycles. The largest absolute Gasteiger partial charge is 0.453 e. The van der Waals surface area contributed by atoms with Crippen LogP contribution in [0, 0.1) is 13.8 Å². The first-order valence-corrected chi connectivity index (χ1v) is 10.7. The van der Waals surface area contributed by atoms with E-state index in [1.165, 1.54) is 13.0 Å². The van der Waals surface area contributed by atoms with Gasteiger partial charge in [-0.25, -0.2) is 13.1 Å². The summed E-state index contributed by atoms with van der Waals surface area (Å²) in [5.74, 6) is -0.933. The van der Waals surface area contributed by atoms with Crippen molar-refractivity contribution in [2.24, 2.45) is 0 Å². The molecule has 0 heterocycles. The maximum absolute atomic E-state index is 12.3. The minimum atomic E-state index is -3.69. The molecule has 0 aromatic heterocycles. The van der Waals surface area contributed by atoms with Crippen LogP contribution in [0.15, 0.2) is 23.1 Å². The van der Waals surface area contributed by atoms with Gasteiger partial charge in [-0.1, -0.05) is 18.9 Å². The monoisotopic (exact) mass is 396 g/mol. The average molecular weight is 397 g/mol. The lowest BCUT2D eigenvalue weighted by atomic mass is 10.1. The van der Waals surface area contributed by atoms with Gasteiger partial charge in [-0.05, 0) is 56.9 Å². The summed E-state index contributed by atoms with van der Waals surface area (Å²) in [7, 11) is -3.69. The molecule has 1 aromatic rings. The van der Waals surface area contributed by atoms with Gasteiger partial charge < -0.3 is 10.1 Å². The fourth-order valence-corrected chi connectivity index (χ4v) is 4.07. The molecule has 1 fully saturated rings. The highest BCUT2D eigenvalue weighted by molar-refractivity contribution is 7.89. The first kappa shape index (κ1) is 21.4. The van der Waals surface area contributed by atoms with Crippen LogP contribution in [0.1, 0.15) is 50.2 Å². The summed E-state index contributed by atoms with van der Waals surface area (Å²) in [5, 5.41) is 2.87. The van der Waals surface area contributed by atoms with Gasteiger partial charge in [0.15, 0.2) is 6.10 Å². The van der Waals surface area contributed by atoms with Crippen LogP contribution in [-0.2, 0) is 24.3 Å². The van der Waals surface area contributed by atoms with Crippen molar-refractivity contribution >= 4 is 21.9 Å². The quantitative estimate of drug-likeness (QED) is 0.654. The number of sulfonamides is 1. The first-order chi connectivity index (χ1) is 12.7. The van der Waals surface area contributed by atoms with Gasteiger partial charge in [0.25, 0.3) is 5.91 Å². The summed E-state index contributed by atoms with van der Waals surface area (Å²) in [6.07, 6.45) is 3.05. The zero-order valence-corrected chi connectivity index (χ0v) is 16.9. The lowest BCUT2D eigenvalue weighted by Crippen LogP contribution is -2.41. The second kappa shape index (κ2) is 9.32. The molecule has 0 radical (unpaired) electrons. The number of carbonyl (C=O) groups excluding carboxylic acids is 2. The fourth-order valence-electron chi connectivity index (χ4n) is 2.95. The highest BCUT2D eigenvalue weighted by Gasteiger charge is 2.23. The van der Waals surface area contributed by atoms with E-state index >= 15 is 0 Å². The molecule has 2 N–H and O–H groups in total. The Bertz CT molecular complexity index is 785. The Balaban J connectivity index is 1.77. The van der Waals surface area contributed by atoms with Crippen molar-refractivity contribution in [2.75, 3.05) is 6.54 Å². The van der Waals surface area contributed by atoms with E-state index in [9.17, 15) is 18.0 Å². The number of amides is 1. The Labute approximate surface area is 160 Å². The highest BCUT2D eigenvalue weighted by atomic mass is 32.2. The molecule has 1 atom stereocenters. The SMILES string of the molecule is Cc1ccc(S(=O)(=O)NCCC(=O)O[C@@H](C)C(=O)NC2CCCC2)cc1C. The number of benzene rings is 1. The molecule has 0 unspecified atom stereocenters. The van der Waals surface area contributed by atoms with Crippen molar-refractivity contribution in [2.45, 2.75) is 69.9 Å². The van der Waals surface area contributed by atoms with Crippen molar-refractivity contribution in [3.05, 3.63) is 29.3 Å². The van der Waals surface area contributed by atoms with E-state index < -0.39 is 22.1 Å². The van der Waals surface area contributed by atoms with Gasteiger partial charge in [-0.15, -0.1) is 0 Å².